The highest BCUT2D eigenvalue weighted by atomic mass is 16.1. The Bertz CT molecular complexity index is 719. The van der Waals surface area contributed by atoms with Crippen LogP contribution in [0.4, 0.5) is 0 Å². The van der Waals surface area contributed by atoms with E-state index in [9.17, 15) is 4.79 Å². The van der Waals surface area contributed by atoms with E-state index in [2.05, 4.69) is 51.6 Å². The highest BCUT2D eigenvalue weighted by Crippen LogP contribution is 2.34. The summed E-state index contributed by atoms with van der Waals surface area (Å²) in [6.45, 7) is 12.6. The van der Waals surface area contributed by atoms with Crippen LogP contribution in [0.1, 0.15) is 82.8 Å². The molecular formula is C26H36O. The van der Waals surface area contributed by atoms with Crippen molar-refractivity contribution in [2.24, 2.45) is 5.92 Å². The van der Waals surface area contributed by atoms with E-state index in [0.717, 1.165) is 32.1 Å². The predicted octanol–water partition coefficient (Wildman–Crippen LogP) is 7.48. The van der Waals surface area contributed by atoms with Gasteiger partial charge in [-0.15, -0.1) is 0 Å². The number of benzene rings is 1. The van der Waals surface area contributed by atoms with Crippen LogP contribution in [0.5, 0.6) is 0 Å². The molecule has 27 heavy (non-hydrogen) atoms. The first-order valence-corrected chi connectivity index (χ1v) is 10.6. The predicted molar refractivity (Wildman–Crippen MR) is 117 cm³/mol. The van der Waals surface area contributed by atoms with Gasteiger partial charge in [0.2, 0.25) is 0 Å². The summed E-state index contributed by atoms with van der Waals surface area (Å²) in [4.78, 5) is 12.2. The molecule has 0 heterocycles. The fraction of sp³-hybridized carbons (Fsp3) is 0.500. The average molecular weight is 365 g/mol. The van der Waals surface area contributed by atoms with Gasteiger partial charge in [0, 0.05) is 11.8 Å². The normalized spacial score (nSPS) is 16.3. The standard InChI is InChI=1S/C26H36O/c1-6-22-14-8-10-18-26(22)23(19(2)3)15-11-12-17-25(21(5)27)24-16-9-7-13-20(24)4/h7,9-10,13,16,18,23,25H,2,6,8,11-12,14-15,17H2,1,3-5H3. The Balaban J connectivity index is 1.99. The minimum atomic E-state index is 0.0365. The van der Waals surface area contributed by atoms with Gasteiger partial charge in [-0.1, -0.05) is 73.9 Å². The molecule has 0 saturated heterocycles. The molecule has 0 amide bonds. The largest absolute Gasteiger partial charge is 0.299 e. The second-order valence-electron chi connectivity index (χ2n) is 8.06. The molecule has 1 aromatic rings. The molecule has 0 aliphatic heterocycles. The van der Waals surface area contributed by atoms with Crippen LogP contribution < -0.4 is 0 Å². The molecule has 2 rings (SSSR count). The number of Topliss-reactive ketones (excluding diaryl/α,β-unsaturated/α-hetero) is 1. The van der Waals surface area contributed by atoms with Crippen LogP contribution in [0.2, 0.25) is 0 Å². The van der Waals surface area contributed by atoms with Crippen molar-refractivity contribution >= 4 is 5.78 Å². The first-order chi connectivity index (χ1) is 13.0. The Labute approximate surface area is 166 Å². The average Bonchev–Trinajstić information content (AvgIpc) is 2.65. The van der Waals surface area contributed by atoms with Crippen LogP contribution in [0.15, 0.2) is 59.7 Å². The van der Waals surface area contributed by atoms with Gasteiger partial charge in [0.1, 0.15) is 5.78 Å². The van der Waals surface area contributed by atoms with E-state index in [1.165, 1.54) is 35.1 Å². The lowest BCUT2D eigenvalue weighted by Crippen LogP contribution is -2.12. The van der Waals surface area contributed by atoms with Crippen molar-refractivity contribution in [2.75, 3.05) is 0 Å². The van der Waals surface area contributed by atoms with Crippen molar-refractivity contribution < 1.29 is 4.79 Å². The van der Waals surface area contributed by atoms with Crippen LogP contribution in [0, 0.1) is 12.8 Å². The Morgan fingerprint density at radius 3 is 2.37 bits per heavy atom. The highest BCUT2D eigenvalue weighted by molar-refractivity contribution is 5.83. The maximum Gasteiger partial charge on any atom is 0.137 e. The number of unbranched alkanes of at least 4 members (excludes halogenated alkanes) is 1. The van der Waals surface area contributed by atoms with Gasteiger partial charge in [-0.3, -0.25) is 4.79 Å². The van der Waals surface area contributed by atoms with Crippen molar-refractivity contribution in [3.05, 3.63) is 70.8 Å². The molecule has 2 unspecified atom stereocenters. The molecular weight excluding hydrogens is 328 g/mol. The van der Waals surface area contributed by atoms with Crippen molar-refractivity contribution in [3.8, 4) is 0 Å². The summed E-state index contributed by atoms with van der Waals surface area (Å²) < 4.78 is 0. The topological polar surface area (TPSA) is 17.1 Å². The van der Waals surface area contributed by atoms with Crippen molar-refractivity contribution in [2.45, 2.75) is 78.6 Å². The Morgan fingerprint density at radius 2 is 1.78 bits per heavy atom. The lowest BCUT2D eigenvalue weighted by molar-refractivity contribution is -0.118. The lowest BCUT2D eigenvalue weighted by Gasteiger charge is -2.25. The summed E-state index contributed by atoms with van der Waals surface area (Å²) in [5.41, 5.74) is 6.81. The first kappa shape index (κ1) is 21.4. The van der Waals surface area contributed by atoms with Gasteiger partial charge in [0.15, 0.2) is 0 Å². The smallest absolute Gasteiger partial charge is 0.137 e. The fourth-order valence-electron chi connectivity index (χ4n) is 4.39. The number of rotatable bonds is 10. The van der Waals surface area contributed by atoms with Crippen LogP contribution in [0.3, 0.4) is 0 Å². The quantitative estimate of drug-likeness (QED) is 0.311. The zero-order valence-corrected chi connectivity index (χ0v) is 17.7. The third-order valence-electron chi connectivity index (χ3n) is 6.01. The van der Waals surface area contributed by atoms with Crippen molar-refractivity contribution in [1.29, 1.82) is 0 Å². The molecule has 146 valence electrons. The molecule has 1 aliphatic carbocycles. The van der Waals surface area contributed by atoms with Gasteiger partial charge in [0.25, 0.3) is 0 Å². The summed E-state index contributed by atoms with van der Waals surface area (Å²) in [6, 6.07) is 8.31. The SMILES string of the molecule is C=C(C)C(CCCCC(C(C)=O)c1ccccc1C)C1=C(CC)CCC=C1. The zero-order chi connectivity index (χ0) is 19.8. The number of hydrogen-bond acceptors (Lipinski definition) is 1. The molecule has 0 bridgehead atoms. The molecule has 0 saturated carbocycles. The van der Waals surface area contributed by atoms with Gasteiger partial charge in [0.05, 0.1) is 0 Å². The van der Waals surface area contributed by atoms with Crippen LogP contribution in [-0.4, -0.2) is 5.78 Å². The molecule has 0 radical (unpaired) electrons. The zero-order valence-electron chi connectivity index (χ0n) is 17.7. The molecule has 0 spiro atoms. The van der Waals surface area contributed by atoms with Gasteiger partial charge in [-0.2, -0.15) is 0 Å². The molecule has 0 aromatic heterocycles. The summed E-state index contributed by atoms with van der Waals surface area (Å²) in [5, 5.41) is 0. The monoisotopic (exact) mass is 364 g/mol. The minimum Gasteiger partial charge on any atom is -0.299 e. The van der Waals surface area contributed by atoms with E-state index in [1.807, 2.05) is 12.1 Å². The molecule has 2 atom stereocenters. The van der Waals surface area contributed by atoms with Gasteiger partial charge in [-0.25, -0.2) is 0 Å². The van der Waals surface area contributed by atoms with E-state index in [-0.39, 0.29) is 11.7 Å². The lowest BCUT2D eigenvalue weighted by atomic mass is 9.80. The molecule has 1 aromatic carbocycles. The third kappa shape index (κ3) is 5.79. The maximum absolute atomic E-state index is 12.2. The summed E-state index contributed by atoms with van der Waals surface area (Å²) in [7, 11) is 0. The van der Waals surface area contributed by atoms with Gasteiger partial charge >= 0.3 is 0 Å². The van der Waals surface area contributed by atoms with E-state index in [0.29, 0.717) is 5.92 Å². The van der Waals surface area contributed by atoms with Gasteiger partial charge < -0.3 is 0 Å². The molecule has 1 nitrogen and oxygen atoms in total. The van der Waals surface area contributed by atoms with Crippen LogP contribution in [0.25, 0.3) is 0 Å². The van der Waals surface area contributed by atoms with E-state index < -0.39 is 0 Å². The number of ketones is 1. The van der Waals surface area contributed by atoms with E-state index >= 15 is 0 Å². The molecule has 1 aliphatic rings. The minimum absolute atomic E-state index is 0.0365. The Hall–Kier alpha value is -1.89. The van der Waals surface area contributed by atoms with E-state index in [1.54, 1.807) is 12.5 Å². The molecule has 0 N–H and O–H groups in total. The summed E-state index contributed by atoms with van der Waals surface area (Å²) in [6.07, 6.45) is 12.5. The Kier molecular flexibility index (Phi) is 8.28. The number of aryl methyl sites for hydroxylation is 1. The second kappa shape index (κ2) is 10.4. The maximum atomic E-state index is 12.2. The summed E-state index contributed by atoms with van der Waals surface area (Å²) in [5.74, 6) is 0.784. The third-order valence-corrected chi connectivity index (χ3v) is 6.01. The summed E-state index contributed by atoms with van der Waals surface area (Å²) >= 11 is 0. The number of carbonyl (C=O) groups excluding carboxylic acids is 1. The number of carbonyl (C=O) groups is 1. The number of hydrogen-bond donors (Lipinski definition) is 0. The fourth-order valence-corrected chi connectivity index (χ4v) is 4.39. The highest BCUT2D eigenvalue weighted by Gasteiger charge is 2.20. The second-order valence-corrected chi connectivity index (χ2v) is 8.06. The molecule has 0 fully saturated rings. The van der Waals surface area contributed by atoms with Crippen molar-refractivity contribution in [3.63, 3.8) is 0 Å². The van der Waals surface area contributed by atoms with E-state index in [4.69, 9.17) is 0 Å². The van der Waals surface area contributed by atoms with Gasteiger partial charge in [-0.05, 0) is 69.6 Å². The van der Waals surface area contributed by atoms with Crippen LogP contribution >= 0.6 is 0 Å². The first-order valence-electron chi connectivity index (χ1n) is 10.6. The van der Waals surface area contributed by atoms with Crippen molar-refractivity contribution in [1.82, 2.24) is 0 Å². The molecule has 1 heteroatoms. The Morgan fingerprint density at radius 1 is 1.11 bits per heavy atom. The van der Waals surface area contributed by atoms with Crippen LogP contribution in [-0.2, 0) is 4.79 Å². The number of allylic oxidation sites excluding steroid dienone is 5.